The Hall–Kier alpha value is -2.50. The number of nitrogens with one attached hydrogen (secondary N) is 1. The van der Waals surface area contributed by atoms with Crippen LogP contribution in [0.4, 0.5) is 11.8 Å². The number of halogens is 1. The molecule has 9 nitrogen and oxygen atoms in total. The van der Waals surface area contributed by atoms with Crippen molar-refractivity contribution >= 4 is 51.4 Å². The molecule has 1 aliphatic heterocycles. The summed E-state index contributed by atoms with van der Waals surface area (Å²) < 4.78 is 6.84. The molecule has 1 atom stereocenters. The van der Waals surface area contributed by atoms with E-state index in [0.29, 0.717) is 53.8 Å². The normalized spacial score (nSPS) is 20.2. The summed E-state index contributed by atoms with van der Waals surface area (Å²) >= 11 is 2.19. The smallest absolute Gasteiger partial charge is 0.258 e. The van der Waals surface area contributed by atoms with E-state index in [2.05, 4.69) is 66.6 Å². The number of amides is 1. The summed E-state index contributed by atoms with van der Waals surface area (Å²) in [6.07, 6.45) is 7.26. The lowest BCUT2D eigenvalue weighted by Crippen LogP contribution is -2.54. The lowest BCUT2D eigenvalue weighted by molar-refractivity contribution is 0.0725. The summed E-state index contributed by atoms with van der Waals surface area (Å²) in [5.74, 6) is 1.89. The number of rotatable bonds is 4. The Morgan fingerprint density at radius 2 is 1.97 bits per heavy atom. The second-order valence-electron chi connectivity index (χ2n) is 8.62. The van der Waals surface area contributed by atoms with Gasteiger partial charge >= 0.3 is 0 Å². The zero-order valence-electron chi connectivity index (χ0n) is 17.7. The number of hydrogen-bond acceptors (Lipinski definition) is 8. The molecule has 1 aliphatic carbocycles. The number of aromatic nitrogens is 4. The SMILES string of the molecule is Cc1oc2ncnc(NC3(C)CC3)c2c1C(=O)N1CCN(c2ncc(I)cn2)C(C)C1. The van der Waals surface area contributed by atoms with Crippen molar-refractivity contribution in [2.45, 2.75) is 45.2 Å². The maximum atomic E-state index is 13.6. The van der Waals surface area contributed by atoms with Gasteiger partial charge in [0.2, 0.25) is 11.7 Å². The molecule has 0 radical (unpaired) electrons. The molecule has 3 aromatic heterocycles. The van der Waals surface area contributed by atoms with E-state index in [1.807, 2.05) is 24.2 Å². The quantitative estimate of drug-likeness (QED) is 0.511. The minimum absolute atomic E-state index is 0.0282. The van der Waals surface area contributed by atoms with Gasteiger partial charge in [0.1, 0.15) is 17.9 Å². The summed E-state index contributed by atoms with van der Waals surface area (Å²) in [6.45, 7) is 7.89. The number of carbonyl (C=O) groups is 1. The number of carbonyl (C=O) groups excluding carboxylic acids is 1. The Kier molecular flexibility index (Phi) is 4.98. The van der Waals surface area contributed by atoms with Gasteiger partial charge in [0.15, 0.2) is 0 Å². The zero-order valence-corrected chi connectivity index (χ0v) is 19.9. The molecule has 4 heterocycles. The molecule has 1 saturated carbocycles. The molecule has 0 bridgehead atoms. The van der Waals surface area contributed by atoms with E-state index in [4.69, 9.17) is 4.42 Å². The molecule has 1 N–H and O–H groups in total. The van der Waals surface area contributed by atoms with E-state index in [1.165, 1.54) is 6.33 Å². The van der Waals surface area contributed by atoms with Crippen LogP contribution in [0.25, 0.3) is 11.1 Å². The Morgan fingerprint density at radius 1 is 1.23 bits per heavy atom. The molecule has 2 fully saturated rings. The van der Waals surface area contributed by atoms with Crippen molar-refractivity contribution in [1.82, 2.24) is 24.8 Å². The fourth-order valence-electron chi connectivity index (χ4n) is 4.05. The summed E-state index contributed by atoms with van der Waals surface area (Å²) in [5, 5.41) is 4.16. The molecule has 3 aromatic rings. The highest BCUT2D eigenvalue weighted by molar-refractivity contribution is 14.1. The molecule has 0 aromatic carbocycles. The first-order chi connectivity index (χ1) is 14.8. The first-order valence-electron chi connectivity index (χ1n) is 10.4. The van der Waals surface area contributed by atoms with Crippen LogP contribution in [0, 0.1) is 10.5 Å². The Bertz CT molecular complexity index is 1140. The van der Waals surface area contributed by atoms with Gasteiger partial charge in [-0.15, -0.1) is 0 Å². The predicted octanol–water partition coefficient (Wildman–Crippen LogP) is 3.24. The van der Waals surface area contributed by atoms with Gasteiger partial charge in [-0.3, -0.25) is 4.79 Å². The number of fused-ring (bicyclic) bond motifs is 1. The first kappa shape index (κ1) is 20.4. The summed E-state index contributed by atoms with van der Waals surface area (Å²) in [5.41, 5.74) is 1.02. The standard InChI is InChI=1S/C21H24IN7O2/c1-12-10-28(6-7-29(12)20-23-8-14(22)9-24-20)19(30)15-13(2)31-18-16(15)17(25-11-26-18)27-21(3)4-5-21/h8-9,11-12H,4-7,10H2,1-3H3,(H,25,26,27). The van der Waals surface area contributed by atoms with Gasteiger partial charge in [-0.25, -0.2) is 19.9 Å². The molecular formula is C21H24IN7O2. The first-order valence-corrected chi connectivity index (χ1v) is 11.5. The fourth-order valence-corrected chi connectivity index (χ4v) is 4.32. The predicted molar refractivity (Wildman–Crippen MR) is 125 cm³/mol. The number of aryl methyl sites for hydroxylation is 1. The second-order valence-corrected chi connectivity index (χ2v) is 9.86. The van der Waals surface area contributed by atoms with Crippen LogP contribution in [0.15, 0.2) is 23.1 Å². The number of piperazine rings is 1. The van der Waals surface area contributed by atoms with Gasteiger partial charge in [-0.1, -0.05) is 0 Å². The third kappa shape index (κ3) is 3.81. The van der Waals surface area contributed by atoms with E-state index >= 15 is 0 Å². The van der Waals surface area contributed by atoms with Crippen molar-refractivity contribution in [2.24, 2.45) is 0 Å². The molecule has 2 aliphatic rings. The van der Waals surface area contributed by atoms with Gasteiger partial charge in [0, 0.05) is 47.2 Å². The minimum atomic E-state index is -0.0509. The molecule has 5 rings (SSSR count). The van der Waals surface area contributed by atoms with Crippen molar-refractivity contribution in [3.63, 3.8) is 0 Å². The molecule has 10 heteroatoms. The van der Waals surface area contributed by atoms with Crippen molar-refractivity contribution < 1.29 is 9.21 Å². The van der Waals surface area contributed by atoms with E-state index < -0.39 is 0 Å². The largest absolute Gasteiger partial charge is 0.442 e. The Balaban J connectivity index is 1.41. The lowest BCUT2D eigenvalue weighted by Gasteiger charge is -2.39. The Morgan fingerprint density at radius 3 is 2.65 bits per heavy atom. The van der Waals surface area contributed by atoms with Gasteiger partial charge in [0.25, 0.3) is 5.91 Å². The molecule has 162 valence electrons. The summed E-state index contributed by atoms with van der Waals surface area (Å²) in [7, 11) is 0. The summed E-state index contributed by atoms with van der Waals surface area (Å²) in [4.78, 5) is 35.2. The van der Waals surface area contributed by atoms with Crippen molar-refractivity contribution in [2.75, 3.05) is 29.9 Å². The average Bonchev–Trinajstić information content (AvgIpc) is 3.36. The Labute approximate surface area is 193 Å². The van der Waals surface area contributed by atoms with Crippen LogP contribution < -0.4 is 10.2 Å². The van der Waals surface area contributed by atoms with Crippen LogP contribution in [-0.4, -0.2) is 62.0 Å². The fraction of sp³-hybridized carbons (Fsp3) is 0.476. The van der Waals surface area contributed by atoms with Gasteiger partial charge in [0.05, 0.1) is 10.9 Å². The molecule has 1 amide bonds. The monoisotopic (exact) mass is 533 g/mol. The van der Waals surface area contributed by atoms with Gasteiger partial charge < -0.3 is 19.5 Å². The van der Waals surface area contributed by atoms with Crippen LogP contribution in [-0.2, 0) is 0 Å². The molecule has 1 unspecified atom stereocenters. The third-order valence-electron chi connectivity index (χ3n) is 6.08. The van der Waals surface area contributed by atoms with Crippen molar-refractivity contribution in [3.05, 3.63) is 33.6 Å². The molecule has 1 saturated heterocycles. The van der Waals surface area contributed by atoms with E-state index in [9.17, 15) is 4.79 Å². The minimum Gasteiger partial charge on any atom is -0.442 e. The number of anilines is 2. The molecular weight excluding hydrogens is 509 g/mol. The van der Waals surface area contributed by atoms with Crippen LogP contribution in [0.1, 0.15) is 42.8 Å². The topological polar surface area (TPSA) is 100 Å². The number of hydrogen-bond donors (Lipinski definition) is 1. The maximum Gasteiger partial charge on any atom is 0.258 e. The van der Waals surface area contributed by atoms with Crippen LogP contribution in [0.5, 0.6) is 0 Å². The third-order valence-corrected chi connectivity index (χ3v) is 6.63. The van der Waals surface area contributed by atoms with Crippen molar-refractivity contribution in [3.8, 4) is 0 Å². The summed E-state index contributed by atoms with van der Waals surface area (Å²) in [6, 6.07) is 0.0930. The lowest BCUT2D eigenvalue weighted by atomic mass is 10.1. The highest BCUT2D eigenvalue weighted by atomic mass is 127. The van der Waals surface area contributed by atoms with Crippen LogP contribution >= 0.6 is 22.6 Å². The van der Waals surface area contributed by atoms with Crippen LogP contribution in [0.2, 0.25) is 0 Å². The zero-order chi connectivity index (χ0) is 21.8. The number of furan rings is 1. The van der Waals surface area contributed by atoms with E-state index in [0.717, 1.165) is 16.4 Å². The molecule has 0 spiro atoms. The molecule has 31 heavy (non-hydrogen) atoms. The highest BCUT2D eigenvalue weighted by Gasteiger charge is 2.39. The van der Waals surface area contributed by atoms with Gasteiger partial charge in [-0.05, 0) is 56.2 Å². The van der Waals surface area contributed by atoms with Crippen molar-refractivity contribution in [1.29, 1.82) is 0 Å². The average molecular weight is 533 g/mol. The van der Waals surface area contributed by atoms with E-state index in [-0.39, 0.29) is 17.5 Å². The second kappa shape index (κ2) is 7.57. The van der Waals surface area contributed by atoms with Gasteiger partial charge in [-0.2, -0.15) is 0 Å². The highest BCUT2D eigenvalue weighted by Crippen LogP contribution is 2.40. The van der Waals surface area contributed by atoms with Crippen LogP contribution in [0.3, 0.4) is 0 Å². The number of nitrogens with zero attached hydrogens (tertiary/aromatic N) is 6. The van der Waals surface area contributed by atoms with E-state index in [1.54, 1.807) is 0 Å². The maximum absolute atomic E-state index is 13.6.